The molecule has 1 heterocycles. The lowest BCUT2D eigenvalue weighted by molar-refractivity contribution is -0.120. The van der Waals surface area contributed by atoms with Crippen LogP contribution in [0, 0.1) is 0 Å². The summed E-state index contributed by atoms with van der Waals surface area (Å²) < 4.78 is 5.02. The molecule has 1 amide bonds. The number of aromatic nitrogens is 2. The molecule has 0 aromatic carbocycles. The first-order chi connectivity index (χ1) is 9.69. The van der Waals surface area contributed by atoms with Gasteiger partial charge in [0, 0.05) is 39.7 Å². The summed E-state index contributed by atoms with van der Waals surface area (Å²) in [6, 6.07) is 1.79. The molecule has 1 aromatic heterocycles. The Hall–Kier alpha value is -1.89. The van der Waals surface area contributed by atoms with Gasteiger partial charge in [-0.1, -0.05) is 6.92 Å². The first-order valence-electron chi connectivity index (χ1n) is 6.74. The Balaban J connectivity index is 2.50. The molecule has 0 atom stereocenters. The molecule has 20 heavy (non-hydrogen) atoms. The topological polar surface area (TPSA) is 88.2 Å². The number of nitrogens with zero attached hydrogens (tertiary/aromatic N) is 2. The quantitative estimate of drug-likeness (QED) is 0.625. The third-order valence-corrected chi connectivity index (χ3v) is 2.53. The van der Waals surface area contributed by atoms with E-state index in [1.807, 2.05) is 6.92 Å². The highest BCUT2D eigenvalue weighted by Gasteiger charge is 2.05. The summed E-state index contributed by atoms with van der Waals surface area (Å²) in [4.78, 5) is 20.0. The van der Waals surface area contributed by atoms with Crippen molar-refractivity contribution in [3.63, 3.8) is 0 Å². The Kier molecular flexibility index (Phi) is 7.34. The van der Waals surface area contributed by atoms with Gasteiger partial charge in [-0.05, 0) is 6.42 Å². The van der Waals surface area contributed by atoms with Gasteiger partial charge in [-0.25, -0.2) is 9.97 Å². The van der Waals surface area contributed by atoms with Gasteiger partial charge in [0.1, 0.15) is 18.2 Å². The second-order valence-electron chi connectivity index (χ2n) is 4.26. The molecule has 0 saturated carbocycles. The number of ether oxygens (including phenoxy) is 1. The number of hydrogen-bond donors (Lipinski definition) is 3. The fraction of sp³-hybridized carbons (Fsp3) is 0.615. The Bertz CT molecular complexity index is 425. The van der Waals surface area contributed by atoms with E-state index >= 15 is 0 Å². The summed E-state index contributed by atoms with van der Waals surface area (Å²) >= 11 is 0. The van der Waals surface area contributed by atoms with Crippen LogP contribution in [0.2, 0.25) is 0 Å². The van der Waals surface area contributed by atoms with Crippen molar-refractivity contribution < 1.29 is 9.53 Å². The van der Waals surface area contributed by atoms with Gasteiger partial charge >= 0.3 is 0 Å². The molecular formula is C13H23N5O2. The molecule has 0 aliphatic rings. The molecule has 1 rings (SSSR count). The smallest absolute Gasteiger partial charge is 0.221 e. The fourth-order valence-electron chi connectivity index (χ4n) is 1.57. The van der Waals surface area contributed by atoms with Gasteiger partial charge in [-0.3, -0.25) is 4.79 Å². The highest BCUT2D eigenvalue weighted by atomic mass is 16.5. The number of carbonyl (C=O) groups is 1. The molecule has 3 N–H and O–H groups in total. The van der Waals surface area contributed by atoms with E-state index in [1.165, 1.54) is 0 Å². The summed E-state index contributed by atoms with van der Waals surface area (Å²) in [5.41, 5.74) is 0. The van der Waals surface area contributed by atoms with Crippen molar-refractivity contribution in [2.24, 2.45) is 0 Å². The van der Waals surface area contributed by atoms with E-state index in [1.54, 1.807) is 20.2 Å². The minimum absolute atomic E-state index is 0.0411. The van der Waals surface area contributed by atoms with Gasteiger partial charge in [-0.2, -0.15) is 0 Å². The lowest BCUT2D eigenvalue weighted by Gasteiger charge is -2.09. The largest absolute Gasteiger partial charge is 0.377 e. The van der Waals surface area contributed by atoms with Crippen LogP contribution < -0.4 is 16.0 Å². The maximum Gasteiger partial charge on any atom is 0.221 e. The van der Waals surface area contributed by atoms with E-state index < -0.39 is 0 Å². The summed E-state index contributed by atoms with van der Waals surface area (Å²) in [6.45, 7) is 3.62. The lowest BCUT2D eigenvalue weighted by Crippen LogP contribution is -2.26. The minimum Gasteiger partial charge on any atom is -0.377 e. The molecule has 0 saturated heterocycles. The molecule has 0 aliphatic heterocycles. The number of methoxy groups -OCH3 is 1. The van der Waals surface area contributed by atoms with Crippen LogP contribution in [0.1, 0.15) is 25.6 Å². The van der Waals surface area contributed by atoms with Crippen LogP contribution in [-0.4, -0.2) is 43.1 Å². The highest BCUT2D eigenvalue weighted by molar-refractivity contribution is 5.76. The van der Waals surface area contributed by atoms with E-state index in [0.29, 0.717) is 43.6 Å². The zero-order valence-corrected chi connectivity index (χ0v) is 12.3. The van der Waals surface area contributed by atoms with Crippen LogP contribution in [-0.2, 0) is 16.1 Å². The fourth-order valence-corrected chi connectivity index (χ4v) is 1.57. The standard InChI is InChI=1S/C13H23N5O2/c1-4-6-16-13(19)5-7-15-11-8-10(14-2)17-12(18-11)9-20-3/h8H,4-7,9H2,1-3H3,(H,16,19)(H2,14,15,17,18). The molecule has 7 heteroatoms. The molecule has 0 unspecified atom stereocenters. The summed E-state index contributed by atoms with van der Waals surface area (Å²) in [5.74, 6) is 2.03. The van der Waals surface area contributed by atoms with Crippen molar-refractivity contribution in [3.05, 3.63) is 11.9 Å². The van der Waals surface area contributed by atoms with E-state index in [0.717, 1.165) is 6.42 Å². The van der Waals surface area contributed by atoms with E-state index in [4.69, 9.17) is 4.74 Å². The van der Waals surface area contributed by atoms with E-state index in [2.05, 4.69) is 25.9 Å². The Morgan fingerprint density at radius 2 is 2.05 bits per heavy atom. The van der Waals surface area contributed by atoms with Crippen LogP contribution in [0.3, 0.4) is 0 Å². The predicted octanol–water partition coefficient (Wildman–Crippen LogP) is 0.993. The molecule has 1 aromatic rings. The number of nitrogens with one attached hydrogen (secondary N) is 3. The molecule has 0 radical (unpaired) electrons. The summed E-state index contributed by atoms with van der Waals surface area (Å²) in [6.07, 6.45) is 1.36. The molecule has 7 nitrogen and oxygen atoms in total. The molecule has 0 bridgehead atoms. The summed E-state index contributed by atoms with van der Waals surface area (Å²) in [5, 5.41) is 8.91. The number of carbonyl (C=O) groups excluding carboxylic acids is 1. The van der Waals surface area contributed by atoms with Crippen molar-refractivity contribution in [1.29, 1.82) is 0 Å². The highest BCUT2D eigenvalue weighted by Crippen LogP contribution is 2.11. The van der Waals surface area contributed by atoms with Gasteiger partial charge in [0.05, 0.1) is 0 Å². The molecular weight excluding hydrogens is 258 g/mol. The number of rotatable bonds is 9. The van der Waals surface area contributed by atoms with Gasteiger partial charge in [0.2, 0.25) is 5.91 Å². The van der Waals surface area contributed by atoms with Crippen LogP contribution >= 0.6 is 0 Å². The summed E-state index contributed by atoms with van der Waals surface area (Å²) in [7, 11) is 3.39. The molecule has 112 valence electrons. The molecule has 0 fully saturated rings. The SMILES string of the molecule is CCCNC(=O)CCNc1cc(NC)nc(COC)n1. The van der Waals surface area contributed by atoms with Crippen molar-refractivity contribution in [3.8, 4) is 0 Å². The lowest BCUT2D eigenvalue weighted by atomic mass is 10.3. The number of hydrogen-bond acceptors (Lipinski definition) is 6. The monoisotopic (exact) mass is 281 g/mol. The van der Waals surface area contributed by atoms with Crippen molar-refractivity contribution in [2.75, 3.05) is 37.9 Å². The second kappa shape index (κ2) is 9.08. The zero-order chi connectivity index (χ0) is 14.8. The second-order valence-corrected chi connectivity index (χ2v) is 4.26. The maximum absolute atomic E-state index is 11.5. The Morgan fingerprint density at radius 1 is 1.30 bits per heavy atom. The third kappa shape index (κ3) is 5.83. The van der Waals surface area contributed by atoms with Crippen molar-refractivity contribution >= 4 is 17.5 Å². The predicted molar refractivity (Wildman–Crippen MR) is 78.7 cm³/mol. The molecule has 0 aliphatic carbocycles. The number of amides is 1. The average molecular weight is 281 g/mol. The van der Waals surface area contributed by atoms with Crippen LogP contribution in [0.15, 0.2) is 6.07 Å². The van der Waals surface area contributed by atoms with E-state index in [-0.39, 0.29) is 5.91 Å². The third-order valence-electron chi connectivity index (χ3n) is 2.53. The van der Waals surface area contributed by atoms with Gasteiger partial charge in [0.15, 0.2) is 5.82 Å². The first-order valence-corrected chi connectivity index (χ1v) is 6.74. The normalized spacial score (nSPS) is 10.2. The Labute approximate surface area is 119 Å². The van der Waals surface area contributed by atoms with Crippen LogP contribution in [0.4, 0.5) is 11.6 Å². The zero-order valence-electron chi connectivity index (χ0n) is 12.3. The average Bonchev–Trinajstić information content (AvgIpc) is 2.45. The van der Waals surface area contributed by atoms with E-state index in [9.17, 15) is 4.79 Å². The minimum atomic E-state index is 0.0411. The van der Waals surface area contributed by atoms with Gasteiger partial charge < -0.3 is 20.7 Å². The first kappa shape index (κ1) is 16.2. The van der Waals surface area contributed by atoms with Crippen molar-refractivity contribution in [1.82, 2.24) is 15.3 Å². The number of anilines is 2. The van der Waals surface area contributed by atoms with Gasteiger partial charge in [0.25, 0.3) is 0 Å². The maximum atomic E-state index is 11.5. The van der Waals surface area contributed by atoms with Crippen LogP contribution in [0.25, 0.3) is 0 Å². The molecule has 0 spiro atoms. The Morgan fingerprint density at radius 3 is 2.70 bits per heavy atom. The van der Waals surface area contributed by atoms with Gasteiger partial charge in [-0.15, -0.1) is 0 Å². The van der Waals surface area contributed by atoms with Crippen molar-refractivity contribution in [2.45, 2.75) is 26.4 Å². The van der Waals surface area contributed by atoms with Crippen LogP contribution in [0.5, 0.6) is 0 Å².